The van der Waals surface area contributed by atoms with Gasteiger partial charge in [-0.3, -0.25) is 14.5 Å². The van der Waals surface area contributed by atoms with Gasteiger partial charge in [-0.2, -0.15) is 0 Å². The van der Waals surface area contributed by atoms with E-state index in [2.05, 4.69) is 15.9 Å². The van der Waals surface area contributed by atoms with Crippen molar-refractivity contribution in [3.05, 3.63) is 28.2 Å². The standard InChI is InChI=1S/C12H12BrNO4/c1-17-10-3-2-9(13)4-8(10)5-14-11(15)6-18-7-12(14)16/h2-4H,5-7H2,1H3. The molecule has 0 aromatic heterocycles. The van der Waals surface area contributed by atoms with E-state index in [4.69, 9.17) is 9.47 Å². The van der Waals surface area contributed by atoms with Gasteiger partial charge in [0.15, 0.2) is 0 Å². The molecular formula is C12H12BrNO4. The van der Waals surface area contributed by atoms with Crippen LogP contribution in [-0.2, 0) is 20.9 Å². The number of carbonyl (C=O) groups is 2. The Bertz CT molecular complexity index is 473. The van der Waals surface area contributed by atoms with Crippen molar-refractivity contribution in [1.29, 1.82) is 0 Å². The maximum atomic E-state index is 11.6. The quantitative estimate of drug-likeness (QED) is 0.790. The van der Waals surface area contributed by atoms with E-state index >= 15 is 0 Å². The molecule has 2 rings (SSSR count). The second-order valence-corrected chi connectivity index (χ2v) is 4.74. The van der Waals surface area contributed by atoms with Crippen LogP contribution < -0.4 is 4.74 Å². The molecule has 1 aliphatic rings. The highest BCUT2D eigenvalue weighted by atomic mass is 79.9. The first kappa shape index (κ1) is 13.0. The van der Waals surface area contributed by atoms with Crippen LogP contribution in [0.25, 0.3) is 0 Å². The van der Waals surface area contributed by atoms with E-state index in [1.165, 1.54) is 4.90 Å². The maximum Gasteiger partial charge on any atom is 0.255 e. The first-order chi connectivity index (χ1) is 8.61. The molecule has 0 N–H and O–H groups in total. The largest absolute Gasteiger partial charge is 0.496 e. The van der Waals surface area contributed by atoms with Gasteiger partial charge in [-0.1, -0.05) is 15.9 Å². The molecule has 2 amide bonds. The summed E-state index contributed by atoms with van der Waals surface area (Å²) in [5.41, 5.74) is 0.774. The van der Waals surface area contributed by atoms with Gasteiger partial charge in [0.1, 0.15) is 19.0 Å². The summed E-state index contributed by atoms with van der Waals surface area (Å²) >= 11 is 3.35. The molecule has 1 saturated heterocycles. The number of morpholine rings is 1. The zero-order valence-electron chi connectivity index (χ0n) is 9.81. The Kier molecular flexibility index (Phi) is 3.98. The fraction of sp³-hybridized carbons (Fsp3) is 0.333. The Morgan fingerprint density at radius 3 is 2.61 bits per heavy atom. The van der Waals surface area contributed by atoms with Crippen LogP contribution in [-0.4, -0.2) is 37.0 Å². The van der Waals surface area contributed by atoms with Crippen molar-refractivity contribution < 1.29 is 19.1 Å². The van der Waals surface area contributed by atoms with Crippen LogP contribution in [0.5, 0.6) is 5.75 Å². The van der Waals surface area contributed by atoms with Gasteiger partial charge in [0.2, 0.25) is 0 Å². The van der Waals surface area contributed by atoms with Crippen LogP contribution in [0, 0.1) is 0 Å². The molecule has 1 fully saturated rings. The summed E-state index contributed by atoms with van der Waals surface area (Å²) in [4.78, 5) is 24.4. The van der Waals surface area contributed by atoms with E-state index in [-0.39, 0.29) is 31.6 Å². The zero-order valence-corrected chi connectivity index (χ0v) is 11.4. The number of amides is 2. The van der Waals surface area contributed by atoms with Gasteiger partial charge in [0, 0.05) is 10.0 Å². The smallest absolute Gasteiger partial charge is 0.255 e. The lowest BCUT2D eigenvalue weighted by atomic mass is 10.2. The normalized spacial score (nSPS) is 16.0. The highest BCUT2D eigenvalue weighted by Gasteiger charge is 2.27. The van der Waals surface area contributed by atoms with Gasteiger partial charge in [-0.15, -0.1) is 0 Å². The topological polar surface area (TPSA) is 55.8 Å². The van der Waals surface area contributed by atoms with E-state index in [1.807, 2.05) is 12.1 Å². The van der Waals surface area contributed by atoms with Crippen molar-refractivity contribution in [2.24, 2.45) is 0 Å². The average molecular weight is 314 g/mol. The summed E-state index contributed by atoms with van der Waals surface area (Å²) in [6, 6.07) is 5.45. The molecule has 5 nitrogen and oxygen atoms in total. The summed E-state index contributed by atoms with van der Waals surface area (Å²) in [5, 5.41) is 0. The third-order valence-corrected chi connectivity index (χ3v) is 3.12. The summed E-state index contributed by atoms with van der Waals surface area (Å²) in [6.07, 6.45) is 0. The molecule has 1 heterocycles. The average Bonchev–Trinajstić information content (AvgIpc) is 2.34. The molecule has 1 aliphatic heterocycles. The van der Waals surface area contributed by atoms with Gasteiger partial charge in [-0.05, 0) is 18.2 Å². The molecule has 0 saturated carbocycles. The zero-order chi connectivity index (χ0) is 13.1. The molecule has 96 valence electrons. The number of nitrogens with zero attached hydrogens (tertiary/aromatic N) is 1. The summed E-state index contributed by atoms with van der Waals surface area (Å²) in [7, 11) is 1.55. The minimum atomic E-state index is -0.326. The first-order valence-corrected chi connectivity index (χ1v) is 6.14. The highest BCUT2D eigenvalue weighted by Crippen LogP contribution is 2.24. The predicted molar refractivity (Wildman–Crippen MR) is 67.1 cm³/mol. The van der Waals surface area contributed by atoms with Crippen molar-refractivity contribution in [2.75, 3.05) is 20.3 Å². The third-order valence-electron chi connectivity index (χ3n) is 2.62. The summed E-state index contributed by atoms with van der Waals surface area (Å²) in [6.45, 7) is 0.0910. The molecule has 0 radical (unpaired) electrons. The maximum absolute atomic E-state index is 11.6. The van der Waals surface area contributed by atoms with Crippen molar-refractivity contribution >= 4 is 27.7 Å². The number of imide groups is 1. The van der Waals surface area contributed by atoms with E-state index < -0.39 is 0 Å². The monoisotopic (exact) mass is 313 g/mol. The fourth-order valence-corrected chi connectivity index (χ4v) is 2.15. The summed E-state index contributed by atoms with van der Waals surface area (Å²) in [5.74, 6) is -0.00755. The number of halogens is 1. The second kappa shape index (κ2) is 5.49. The van der Waals surface area contributed by atoms with Crippen LogP contribution in [0.1, 0.15) is 5.56 Å². The van der Waals surface area contributed by atoms with Crippen molar-refractivity contribution in [3.63, 3.8) is 0 Å². The van der Waals surface area contributed by atoms with Crippen molar-refractivity contribution in [1.82, 2.24) is 4.90 Å². The predicted octanol–water partition coefficient (Wildman–Crippen LogP) is 1.34. The van der Waals surface area contributed by atoms with Crippen LogP contribution in [0.3, 0.4) is 0 Å². The molecule has 0 unspecified atom stereocenters. The molecular weight excluding hydrogens is 302 g/mol. The second-order valence-electron chi connectivity index (χ2n) is 3.82. The number of carbonyl (C=O) groups excluding carboxylic acids is 2. The van der Waals surface area contributed by atoms with Crippen LogP contribution in [0.2, 0.25) is 0 Å². The van der Waals surface area contributed by atoms with Crippen LogP contribution >= 0.6 is 15.9 Å². The third kappa shape index (κ3) is 2.70. The number of methoxy groups -OCH3 is 1. The molecule has 1 aromatic carbocycles. The highest BCUT2D eigenvalue weighted by molar-refractivity contribution is 9.10. The SMILES string of the molecule is COc1ccc(Br)cc1CN1C(=O)COCC1=O. The molecule has 18 heavy (non-hydrogen) atoms. The molecule has 0 bridgehead atoms. The number of rotatable bonds is 3. The molecule has 6 heteroatoms. The minimum absolute atomic E-state index is 0.0535. The fourth-order valence-electron chi connectivity index (χ4n) is 1.74. The first-order valence-electron chi connectivity index (χ1n) is 5.35. The van der Waals surface area contributed by atoms with Crippen LogP contribution in [0.4, 0.5) is 0 Å². The van der Waals surface area contributed by atoms with Crippen molar-refractivity contribution in [3.8, 4) is 5.75 Å². The Morgan fingerprint density at radius 1 is 1.33 bits per heavy atom. The molecule has 0 aliphatic carbocycles. The number of benzene rings is 1. The van der Waals surface area contributed by atoms with Gasteiger partial charge in [0.05, 0.1) is 13.7 Å². The van der Waals surface area contributed by atoms with E-state index in [9.17, 15) is 9.59 Å². The van der Waals surface area contributed by atoms with E-state index in [0.29, 0.717) is 5.75 Å². The number of hydrogen-bond acceptors (Lipinski definition) is 4. The van der Waals surface area contributed by atoms with Gasteiger partial charge < -0.3 is 9.47 Å². The minimum Gasteiger partial charge on any atom is -0.496 e. The van der Waals surface area contributed by atoms with Gasteiger partial charge >= 0.3 is 0 Å². The number of hydrogen-bond donors (Lipinski definition) is 0. The Hall–Kier alpha value is -1.40. The lowest BCUT2D eigenvalue weighted by molar-refractivity contribution is -0.159. The molecule has 0 atom stereocenters. The Balaban J connectivity index is 2.24. The number of ether oxygens (including phenoxy) is 2. The Morgan fingerprint density at radius 2 is 2.00 bits per heavy atom. The molecule has 0 spiro atoms. The van der Waals surface area contributed by atoms with Crippen LogP contribution in [0.15, 0.2) is 22.7 Å². The lowest BCUT2D eigenvalue weighted by Gasteiger charge is -2.25. The van der Waals surface area contributed by atoms with Gasteiger partial charge in [0.25, 0.3) is 11.8 Å². The van der Waals surface area contributed by atoms with Gasteiger partial charge in [-0.25, -0.2) is 0 Å². The van der Waals surface area contributed by atoms with E-state index in [0.717, 1.165) is 10.0 Å². The van der Waals surface area contributed by atoms with Crippen molar-refractivity contribution in [2.45, 2.75) is 6.54 Å². The van der Waals surface area contributed by atoms with E-state index in [1.54, 1.807) is 13.2 Å². The Labute approximate surface area is 113 Å². The summed E-state index contributed by atoms with van der Waals surface area (Å²) < 4.78 is 10.9. The lowest BCUT2D eigenvalue weighted by Crippen LogP contribution is -2.45. The molecule has 1 aromatic rings.